The number of nitrogens with one attached hydrogen (secondary N) is 1. The smallest absolute Gasteiger partial charge is 0.225 e. The number of carbonyl (C=O) groups excluding carboxylic acids is 1. The molecule has 35 heavy (non-hydrogen) atoms. The normalized spacial score (nSPS) is 13.4. The van der Waals surface area contributed by atoms with E-state index in [4.69, 9.17) is 4.98 Å². The molecule has 0 aliphatic carbocycles. The molecule has 0 radical (unpaired) electrons. The third kappa shape index (κ3) is 6.06. The maximum absolute atomic E-state index is 13.1. The Bertz CT molecular complexity index is 1270. The highest BCUT2D eigenvalue weighted by Crippen LogP contribution is 2.45. The first kappa shape index (κ1) is 26.1. The van der Waals surface area contributed by atoms with Crippen LogP contribution in [0.1, 0.15) is 30.2 Å². The van der Waals surface area contributed by atoms with Gasteiger partial charge in [-0.15, -0.1) is 46.8 Å². The summed E-state index contributed by atoms with van der Waals surface area (Å²) in [6.45, 7) is 5.28. The first-order valence-corrected chi connectivity index (χ1v) is 14.1. The second-order valence-electron chi connectivity index (χ2n) is 8.32. The van der Waals surface area contributed by atoms with Gasteiger partial charge in [-0.05, 0) is 61.3 Å². The average Bonchev–Trinajstić information content (AvgIpc) is 3.40. The predicted octanol–water partition coefficient (Wildman–Crippen LogP) is 7.47. The molecular formula is C26H27ClFN3OS3. The summed E-state index contributed by atoms with van der Waals surface area (Å²) in [6.07, 6.45) is 2.51. The number of thioether (sulfide) groups is 1. The summed E-state index contributed by atoms with van der Waals surface area (Å²) in [4.78, 5) is 22.6. The molecule has 4 nitrogen and oxygen atoms in total. The highest BCUT2D eigenvalue weighted by atomic mass is 35.5. The van der Waals surface area contributed by atoms with Crippen LogP contribution in [-0.4, -0.2) is 34.6 Å². The van der Waals surface area contributed by atoms with Gasteiger partial charge in [-0.25, -0.2) is 9.37 Å². The number of fused-ring (bicyclic) bond motifs is 2. The molecule has 2 aromatic heterocycles. The van der Waals surface area contributed by atoms with Gasteiger partial charge in [0.25, 0.3) is 0 Å². The summed E-state index contributed by atoms with van der Waals surface area (Å²) in [5, 5.41) is 5.11. The van der Waals surface area contributed by atoms with E-state index >= 15 is 0 Å². The Balaban J connectivity index is 0.00000289. The van der Waals surface area contributed by atoms with Gasteiger partial charge in [0, 0.05) is 40.6 Å². The third-order valence-electron chi connectivity index (χ3n) is 5.85. The monoisotopic (exact) mass is 547 g/mol. The van der Waals surface area contributed by atoms with Crippen LogP contribution in [0.2, 0.25) is 0 Å². The van der Waals surface area contributed by atoms with Gasteiger partial charge in [-0.3, -0.25) is 9.69 Å². The number of nitrogens with zero attached hydrogens (tertiary/aromatic N) is 2. The SMILES string of the molecule is CCCN1CCc2c(sc(NC(=O)CCSc3ccc(F)cc3)c2-c2nc3ccccc3s2)C1.Cl. The number of halogens is 2. The largest absolute Gasteiger partial charge is 0.317 e. The number of thiazole rings is 1. The lowest BCUT2D eigenvalue weighted by molar-refractivity contribution is -0.115. The van der Waals surface area contributed by atoms with Crippen LogP contribution in [0.3, 0.4) is 0 Å². The molecule has 184 valence electrons. The number of para-hydroxylation sites is 1. The minimum atomic E-state index is -0.247. The topological polar surface area (TPSA) is 45.2 Å². The molecule has 0 saturated heterocycles. The Morgan fingerprint density at radius 2 is 1.97 bits per heavy atom. The maximum Gasteiger partial charge on any atom is 0.225 e. The number of thiophene rings is 1. The molecule has 0 saturated carbocycles. The van der Waals surface area contributed by atoms with Crippen molar-refractivity contribution in [3.8, 4) is 10.6 Å². The second-order valence-corrected chi connectivity index (χ2v) is 11.6. The Morgan fingerprint density at radius 1 is 1.17 bits per heavy atom. The van der Waals surface area contributed by atoms with Crippen molar-refractivity contribution >= 4 is 68.0 Å². The van der Waals surface area contributed by atoms with Crippen molar-refractivity contribution < 1.29 is 9.18 Å². The summed E-state index contributed by atoms with van der Waals surface area (Å²) in [7, 11) is 0. The molecule has 3 heterocycles. The molecule has 1 N–H and O–H groups in total. The van der Waals surface area contributed by atoms with Crippen molar-refractivity contribution in [2.75, 3.05) is 24.2 Å². The van der Waals surface area contributed by atoms with Gasteiger partial charge < -0.3 is 5.32 Å². The first-order valence-electron chi connectivity index (χ1n) is 11.5. The Labute approximate surface area is 223 Å². The van der Waals surface area contributed by atoms with Crippen LogP contribution in [0.25, 0.3) is 20.8 Å². The van der Waals surface area contributed by atoms with Crippen molar-refractivity contribution in [1.82, 2.24) is 9.88 Å². The maximum atomic E-state index is 13.1. The molecule has 0 spiro atoms. The van der Waals surface area contributed by atoms with Gasteiger partial charge in [-0.2, -0.15) is 0 Å². The standard InChI is InChI=1S/C26H26FN3OS3.ClH/c1-2-13-30-14-11-19-22(16-30)34-26(24(19)25-28-20-5-3-4-6-21(20)33-25)29-23(31)12-15-32-18-9-7-17(27)8-10-18;/h3-10H,2,11-16H2,1H3,(H,29,31);1H. The minimum Gasteiger partial charge on any atom is -0.317 e. The molecule has 1 aliphatic heterocycles. The third-order valence-corrected chi connectivity index (χ3v) is 9.05. The van der Waals surface area contributed by atoms with Crippen LogP contribution in [0, 0.1) is 5.82 Å². The zero-order chi connectivity index (χ0) is 23.5. The highest BCUT2D eigenvalue weighted by Gasteiger charge is 2.27. The van der Waals surface area contributed by atoms with Crippen molar-refractivity contribution in [3.05, 3.63) is 64.8 Å². The van der Waals surface area contributed by atoms with E-state index in [2.05, 4.69) is 23.2 Å². The van der Waals surface area contributed by atoms with Crippen molar-refractivity contribution in [2.24, 2.45) is 0 Å². The summed E-state index contributed by atoms with van der Waals surface area (Å²) in [5.74, 6) is 0.396. The summed E-state index contributed by atoms with van der Waals surface area (Å²) >= 11 is 4.96. The number of rotatable bonds is 8. The lowest BCUT2D eigenvalue weighted by Gasteiger charge is -2.26. The number of anilines is 1. The van der Waals surface area contributed by atoms with E-state index in [1.54, 1.807) is 46.6 Å². The summed E-state index contributed by atoms with van der Waals surface area (Å²) in [5.41, 5.74) is 3.45. The van der Waals surface area contributed by atoms with Gasteiger partial charge in [0.05, 0.1) is 10.2 Å². The van der Waals surface area contributed by atoms with E-state index < -0.39 is 0 Å². The summed E-state index contributed by atoms with van der Waals surface area (Å²) in [6, 6.07) is 14.6. The average molecular weight is 548 g/mol. The number of amides is 1. The van der Waals surface area contributed by atoms with E-state index in [1.165, 1.54) is 22.6 Å². The van der Waals surface area contributed by atoms with Gasteiger partial charge in [0.2, 0.25) is 5.91 Å². The van der Waals surface area contributed by atoms with Gasteiger partial charge in [0.15, 0.2) is 0 Å². The van der Waals surface area contributed by atoms with E-state index in [0.717, 1.165) is 63.2 Å². The first-order chi connectivity index (χ1) is 16.6. The lowest BCUT2D eigenvalue weighted by atomic mass is 10.0. The fourth-order valence-corrected chi connectivity index (χ4v) is 7.51. The molecule has 1 aliphatic rings. The number of aromatic nitrogens is 1. The van der Waals surface area contributed by atoms with Gasteiger partial charge >= 0.3 is 0 Å². The van der Waals surface area contributed by atoms with E-state index in [0.29, 0.717) is 12.2 Å². The molecular weight excluding hydrogens is 521 g/mol. The molecule has 0 fully saturated rings. The Hall–Kier alpha value is -1.97. The lowest BCUT2D eigenvalue weighted by Crippen LogP contribution is -2.30. The molecule has 0 bridgehead atoms. The van der Waals surface area contributed by atoms with Crippen LogP contribution >= 0.6 is 46.8 Å². The zero-order valence-corrected chi connectivity index (χ0v) is 22.6. The summed E-state index contributed by atoms with van der Waals surface area (Å²) < 4.78 is 14.3. The molecule has 5 rings (SSSR count). The molecule has 2 aromatic carbocycles. The highest BCUT2D eigenvalue weighted by molar-refractivity contribution is 7.99. The second kappa shape index (κ2) is 11.8. The fraction of sp³-hybridized carbons (Fsp3) is 0.308. The number of carbonyl (C=O) groups is 1. The molecule has 1 amide bonds. The molecule has 0 atom stereocenters. The van der Waals surface area contributed by atoms with Gasteiger partial charge in [-0.1, -0.05) is 19.1 Å². The van der Waals surface area contributed by atoms with Crippen molar-refractivity contribution in [1.29, 1.82) is 0 Å². The molecule has 0 unspecified atom stereocenters. The van der Waals surface area contributed by atoms with Crippen molar-refractivity contribution in [2.45, 2.75) is 37.6 Å². The van der Waals surface area contributed by atoms with Crippen LogP contribution in [0.15, 0.2) is 53.4 Å². The number of benzene rings is 2. The van der Waals surface area contributed by atoms with Crippen LogP contribution in [0.4, 0.5) is 9.39 Å². The molecule has 4 aromatic rings. The Kier molecular flexibility index (Phi) is 8.83. The van der Waals surface area contributed by atoms with E-state index in [1.807, 2.05) is 18.2 Å². The van der Waals surface area contributed by atoms with Gasteiger partial charge in [0.1, 0.15) is 15.8 Å². The fourth-order valence-electron chi connectivity index (χ4n) is 4.24. The van der Waals surface area contributed by atoms with E-state index in [-0.39, 0.29) is 24.1 Å². The minimum absolute atomic E-state index is 0. The van der Waals surface area contributed by atoms with Crippen LogP contribution < -0.4 is 5.32 Å². The van der Waals surface area contributed by atoms with E-state index in [9.17, 15) is 9.18 Å². The number of hydrogen-bond acceptors (Lipinski definition) is 6. The molecule has 9 heteroatoms. The van der Waals surface area contributed by atoms with Crippen LogP contribution in [-0.2, 0) is 17.8 Å². The Morgan fingerprint density at radius 3 is 2.74 bits per heavy atom. The quantitative estimate of drug-likeness (QED) is 0.232. The zero-order valence-electron chi connectivity index (χ0n) is 19.4. The van der Waals surface area contributed by atoms with Crippen LogP contribution in [0.5, 0.6) is 0 Å². The number of hydrogen-bond donors (Lipinski definition) is 1. The predicted molar refractivity (Wildman–Crippen MR) is 150 cm³/mol. The van der Waals surface area contributed by atoms with Crippen molar-refractivity contribution in [3.63, 3.8) is 0 Å².